The van der Waals surface area contributed by atoms with Gasteiger partial charge >= 0.3 is 0 Å². The Morgan fingerprint density at radius 1 is 1.38 bits per heavy atom. The summed E-state index contributed by atoms with van der Waals surface area (Å²) in [5.74, 6) is 0.198. The summed E-state index contributed by atoms with van der Waals surface area (Å²) in [6.45, 7) is 4.36. The lowest BCUT2D eigenvalue weighted by atomic mass is 10.1. The van der Waals surface area contributed by atoms with E-state index in [2.05, 4.69) is 10.1 Å². The van der Waals surface area contributed by atoms with Gasteiger partial charge in [0.15, 0.2) is 9.84 Å². The number of carbonyl (C=O) groups excluding carboxylic acids is 1. The molecular weight excluding hydrogens is 352 g/mol. The SMILES string of the molecule is CC(C)c1nn(C2CCS(=O)(=O)C2)cc1C(=O)N(C)Cc1ccccn1. The first-order valence-corrected chi connectivity index (χ1v) is 10.5. The van der Waals surface area contributed by atoms with Crippen LogP contribution in [0.3, 0.4) is 0 Å². The van der Waals surface area contributed by atoms with Crippen molar-refractivity contribution >= 4 is 15.7 Å². The van der Waals surface area contributed by atoms with Crippen molar-refractivity contribution in [3.05, 3.63) is 47.5 Å². The van der Waals surface area contributed by atoms with E-state index in [-0.39, 0.29) is 29.4 Å². The standard InChI is InChI=1S/C18H24N4O3S/c1-13(2)17-16(11-22(20-17)15-7-9-26(24,25)12-15)18(23)21(3)10-14-6-4-5-8-19-14/h4-6,8,11,13,15H,7,9-10,12H2,1-3H3. The van der Waals surface area contributed by atoms with Gasteiger partial charge in [0.2, 0.25) is 0 Å². The maximum Gasteiger partial charge on any atom is 0.257 e. The second kappa shape index (κ2) is 7.19. The van der Waals surface area contributed by atoms with E-state index in [1.807, 2.05) is 32.0 Å². The summed E-state index contributed by atoms with van der Waals surface area (Å²) < 4.78 is 25.2. The fourth-order valence-electron chi connectivity index (χ4n) is 3.18. The average Bonchev–Trinajstić information content (AvgIpc) is 3.18. The molecule has 3 rings (SSSR count). The monoisotopic (exact) mass is 376 g/mol. The summed E-state index contributed by atoms with van der Waals surface area (Å²) in [4.78, 5) is 18.8. The molecule has 26 heavy (non-hydrogen) atoms. The van der Waals surface area contributed by atoms with Crippen LogP contribution in [0.2, 0.25) is 0 Å². The maximum absolute atomic E-state index is 13.0. The lowest BCUT2D eigenvalue weighted by Gasteiger charge is -2.17. The van der Waals surface area contributed by atoms with Crippen molar-refractivity contribution in [3.8, 4) is 0 Å². The first-order valence-electron chi connectivity index (χ1n) is 8.71. The van der Waals surface area contributed by atoms with Crippen molar-refractivity contribution < 1.29 is 13.2 Å². The van der Waals surface area contributed by atoms with E-state index in [4.69, 9.17) is 0 Å². The van der Waals surface area contributed by atoms with Crippen LogP contribution in [0, 0.1) is 0 Å². The lowest BCUT2D eigenvalue weighted by molar-refractivity contribution is 0.0782. The largest absolute Gasteiger partial charge is 0.336 e. The molecule has 1 aliphatic heterocycles. The van der Waals surface area contributed by atoms with Crippen molar-refractivity contribution in [1.29, 1.82) is 0 Å². The highest BCUT2D eigenvalue weighted by molar-refractivity contribution is 7.91. The molecule has 2 aromatic heterocycles. The molecule has 3 heterocycles. The Balaban J connectivity index is 1.85. The molecule has 0 radical (unpaired) electrons. The fraction of sp³-hybridized carbons (Fsp3) is 0.500. The molecule has 0 aliphatic carbocycles. The highest BCUT2D eigenvalue weighted by atomic mass is 32.2. The third kappa shape index (κ3) is 3.95. The molecule has 0 N–H and O–H groups in total. The zero-order valence-corrected chi connectivity index (χ0v) is 16.1. The topological polar surface area (TPSA) is 85.2 Å². The number of carbonyl (C=O) groups is 1. The van der Waals surface area contributed by atoms with Gasteiger partial charge in [0.05, 0.1) is 41.0 Å². The first kappa shape index (κ1) is 18.6. The second-order valence-electron chi connectivity index (χ2n) is 7.10. The van der Waals surface area contributed by atoms with Crippen LogP contribution in [0.15, 0.2) is 30.6 Å². The van der Waals surface area contributed by atoms with Crippen LogP contribution in [-0.4, -0.2) is 52.5 Å². The van der Waals surface area contributed by atoms with E-state index < -0.39 is 9.84 Å². The average molecular weight is 376 g/mol. The normalized spacial score (nSPS) is 19.0. The lowest BCUT2D eigenvalue weighted by Crippen LogP contribution is -2.27. The molecule has 1 amide bonds. The van der Waals surface area contributed by atoms with Gasteiger partial charge in [0.1, 0.15) is 0 Å². The summed E-state index contributed by atoms with van der Waals surface area (Å²) in [7, 11) is -1.27. The third-order valence-electron chi connectivity index (χ3n) is 4.59. The summed E-state index contributed by atoms with van der Waals surface area (Å²) in [6.07, 6.45) is 3.95. The minimum atomic E-state index is -3.01. The summed E-state index contributed by atoms with van der Waals surface area (Å²) in [5.41, 5.74) is 2.04. The number of hydrogen-bond acceptors (Lipinski definition) is 5. The molecule has 0 aromatic carbocycles. The highest BCUT2D eigenvalue weighted by Crippen LogP contribution is 2.27. The molecule has 1 unspecified atom stereocenters. The van der Waals surface area contributed by atoms with Crippen LogP contribution < -0.4 is 0 Å². The fourth-order valence-corrected chi connectivity index (χ4v) is 4.88. The van der Waals surface area contributed by atoms with Gasteiger partial charge in [-0.2, -0.15) is 5.10 Å². The Labute approximate surface area is 154 Å². The zero-order valence-electron chi connectivity index (χ0n) is 15.3. The van der Waals surface area contributed by atoms with Crippen LogP contribution in [0.5, 0.6) is 0 Å². The minimum absolute atomic E-state index is 0.0662. The van der Waals surface area contributed by atoms with E-state index in [0.717, 1.165) is 5.69 Å². The van der Waals surface area contributed by atoms with Crippen molar-refractivity contribution in [2.45, 2.75) is 38.8 Å². The molecule has 8 heteroatoms. The van der Waals surface area contributed by atoms with Crippen LogP contribution in [0.4, 0.5) is 0 Å². The van der Waals surface area contributed by atoms with E-state index in [9.17, 15) is 13.2 Å². The van der Waals surface area contributed by atoms with Crippen LogP contribution in [0.1, 0.15) is 54.0 Å². The Kier molecular flexibility index (Phi) is 5.13. The van der Waals surface area contributed by atoms with Gasteiger partial charge in [-0.3, -0.25) is 14.5 Å². The first-order chi connectivity index (χ1) is 12.3. The summed E-state index contributed by atoms with van der Waals surface area (Å²) >= 11 is 0. The van der Waals surface area contributed by atoms with Crippen LogP contribution in [0.25, 0.3) is 0 Å². The Hall–Kier alpha value is -2.22. The number of nitrogens with zero attached hydrogens (tertiary/aromatic N) is 4. The van der Waals surface area contributed by atoms with Crippen molar-refractivity contribution in [2.24, 2.45) is 0 Å². The maximum atomic E-state index is 13.0. The van der Waals surface area contributed by atoms with Gasteiger partial charge in [-0.15, -0.1) is 0 Å². The molecule has 7 nitrogen and oxygen atoms in total. The number of hydrogen-bond donors (Lipinski definition) is 0. The van der Waals surface area contributed by atoms with Crippen molar-refractivity contribution in [3.63, 3.8) is 0 Å². The molecule has 1 aliphatic rings. The molecule has 0 saturated carbocycles. The van der Waals surface area contributed by atoms with Crippen LogP contribution in [-0.2, 0) is 16.4 Å². The zero-order chi connectivity index (χ0) is 18.9. The second-order valence-corrected chi connectivity index (χ2v) is 9.33. The molecule has 0 spiro atoms. The number of amides is 1. The van der Waals surface area contributed by atoms with Crippen molar-refractivity contribution in [1.82, 2.24) is 19.7 Å². The van der Waals surface area contributed by atoms with Crippen LogP contribution >= 0.6 is 0 Å². The van der Waals surface area contributed by atoms with E-state index >= 15 is 0 Å². The van der Waals surface area contributed by atoms with Gasteiger partial charge in [-0.1, -0.05) is 19.9 Å². The third-order valence-corrected chi connectivity index (χ3v) is 6.34. The number of pyridine rings is 1. The molecule has 2 aromatic rings. The van der Waals surface area contributed by atoms with Gasteiger partial charge < -0.3 is 4.90 Å². The number of rotatable bonds is 5. The van der Waals surface area contributed by atoms with E-state index in [1.165, 1.54) is 0 Å². The van der Waals surface area contributed by atoms with Gasteiger partial charge in [-0.05, 0) is 24.5 Å². The predicted molar refractivity (Wildman–Crippen MR) is 98.7 cm³/mol. The molecular formula is C18H24N4O3S. The van der Waals surface area contributed by atoms with E-state index in [0.29, 0.717) is 24.2 Å². The number of sulfone groups is 1. The summed E-state index contributed by atoms with van der Waals surface area (Å²) in [5, 5.41) is 4.56. The van der Waals surface area contributed by atoms with Gasteiger partial charge in [-0.25, -0.2) is 8.42 Å². The molecule has 1 atom stereocenters. The smallest absolute Gasteiger partial charge is 0.257 e. The molecule has 1 fully saturated rings. The highest BCUT2D eigenvalue weighted by Gasteiger charge is 2.32. The van der Waals surface area contributed by atoms with Gasteiger partial charge in [0, 0.05) is 19.4 Å². The van der Waals surface area contributed by atoms with E-state index in [1.54, 1.807) is 29.0 Å². The minimum Gasteiger partial charge on any atom is -0.336 e. The Morgan fingerprint density at radius 3 is 2.73 bits per heavy atom. The Bertz CT molecular complexity index is 890. The quantitative estimate of drug-likeness (QED) is 0.797. The molecule has 1 saturated heterocycles. The van der Waals surface area contributed by atoms with Gasteiger partial charge in [0.25, 0.3) is 5.91 Å². The Morgan fingerprint density at radius 2 is 2.15 bits per heavy atom. The predicted octanol–water partition coefficient (Wildman–Crippen LogP) is 2.03. The number of aromatic nitrogens is 3. The molecule has 140 valence electrons. The molecule has 0 bridgehead atoms. The van der Waals surface area contributed by atoms with Crippen molar-refractivity contribution in [2.75, 3.05) is 18.6 Å². The summed E-state index contributed by atoms with van der Waals surface area (Å²) in [6, 6.07) is 5.40.